The van der Waals surface area contributed by atoms with Gasteiger partial charge in [0.15, 0.2) is 0 Å². The number of ether oxygens (including phenoxy) is 1. The molecule has 0 bridgehead atoms. The van der Waals surface area contributed by atoms with Crippen LogP contribution in [0.5, 0.6) is 11.5 Å². The van der Waals surface area contributed by atoms with Gasteiger partial charge < -0.3 is 15.4 Å². The summed E-state index contributed by atoms with van der Waals surface area (Å²) in [7, 11) is 0. The number of rotatable bonds is 6. The number of urea groups is 1. The van der Waals surface area contributed by atoms with Gasteiger partial charge in [-0.25, -0.2) is 4.79 Å². The third-order valence-electron chi connectivity index (χ3n) is 5.43. The molecule has 0 aliphatic carbocycles. The second-order valence-corrected chi connectivity index (χ2v) is 8.04. The normalized spacial score (nSPS) is 15.7. The quantitative estimate of drug-likeness (QED) is 0.577. The van der Waals surface area contributed by atoms with E-state index in [1.165, 1.54) is 0 Å². The molecule has 3 aromatic carbocycles. The van der Waals surface area contributed by atoms with Gasteiger partial charge in [-0.2, -0.15) is 0 Å². The molecule has 33 heavy (non-hydrogen) atoms. The Labute approximate surface area is 192 Å². The second kappa shape index (κ2) is 9.56. The lowest BCUT2D eigenvalue weighted by Crippen LogP contribution is -2.53. The smallest absolute Gasteiger partial charge is 0.325 e. The lowest BCUT2D eigenvalue weighted by atomic mass is 10.0. The molecule has 7 heteroatoms. The summed E-state index contributed by atoms with van der Waals surface area (Å²) in [5, 5.41) is 5.61. The molecule has 0 spiro atoms. The molecule has 0 unspecified atom stereocenters. The average Bonchev–Trinajstić information content (AvgIpc) is 2.79. The van der Waals surface area contributed by atoms with Gasteiger partial charge in [0.2, 0.25) is 11.8 Å². The Kier molecular flexibility index (Phi) is 6.40. The number of hydrogen-bond donors (Lipinski definition) is 2. The third-order valence-corrected chi connectivity index (χ3v) is 5.43. The lowest BCUT2D eigenvalue weighted by Gasteiger charge is -2.31. The minimum Gasteiger partial charge on any atom is -0.457 e. The van der Waals surface area contributed by atoms with Crippen molar-refractivity contribution in [2.24, 2.45) is 0 Å². The first kappa shape index (κ1) is 22.1. The molecule has 0 aromatic heterocycles. The molecule has 0 saturated carbocycles. The maximum Gasteiger partial charge on any atom is 0.325 e. The van der Waals surface area contributed by atoms with Crippen LogP contribution in [-0.2, 0) is 9.59 Å². The number of amides is 4. The van der Waals surface area contributed by atoms with Crippen molar-refractivity contribution in [1.29, 1.82) is 0 Å². The fourth-order valence-corrected chi connectivity index (χ4v) is 3.66. The molecule has 1 fully saturated rings. The van der Waals surface area contributed by atoms with Crippen LogP contribution in [0.25, 0.3) is 0 Å². The summed E-state index contributed by atoms with van der Waals surface area (Å²) in [6.45, 7) is 3.46. The second-order valence-electron chi connectivity index (χ2n) is 8.04. The van der Waals surface area contributed by atoms with Crippen molar-refractivity contribution in [3.05, 3.63) is 89.5 Å². The van der Waals surface area contributed by atoms with Crippen molar-refractivity contribution in [2.45, 2.75) is 26.3 Å². The number of aryl methyl sites for hydroxylation is 2. The van der Waals surface area contributed by atoms with Gasteiger partial charge in [0.1, 0.15) is 18.0 Å². The fraction of sp³-hybridized carbons (Fsp3) is 0.192. The monoisotopic (exact) mass is 443 g/mol. The minimum absolute atomic E-state index is 0.0529. The number of nitrogens with zero attached hydrogens (tertiary/aromatic N) is 1. The molecule has 1 saturated heterocycles. The molecule has 1 atom stereocenters. The number of benzene rings is 3. The van der Waals surface area contributed by atoms with Crippen LogP contribution in [0.3, 0.4) is 0 Å². The molecule has 1 aliphatic rings. The largest absolute Gasteiger partial charge is 0.457 e. The molecule has 4 rings (SSSR count). The van der Waals surface area contributed by atoms with E-state index in [2.05, 4.69) is 10.6 Å². The van der Waals surface area contributed by atoms with Gasteiger partial charge in [-0.15, -0.1) is 0 Å². The highest BCUT2D eigenvalue weighted by molar-refractivity contribution is 6.03. The highest BCUT2D eigenvalue weighted by Crippen LogP contribution is 2.28. The zero-order valence-electron chi connectivity index (χ0n) is 18.5. The lowest BCUT2D eigenvalue weighted by molar-refractivity contribution is -0.133. The van der Waals surface area contributed by atoms with E-state index in [1.807, 2.05) is 80.6 Å². The van der Waals surface area contributed by atoms with Crippen molar-refractivity contribution in [3.63, 3.8) is 0 Å². The molecule has 7 nitrogen and oxygen atoms in total. The van der Waals surface area contributed by atoms with E-state index in [4.69, 9.17) is 4.74 Å². The maximum atomic E-state index is 12.7. The van der Waals surface area contributed by atoms with Crippen LogP contribution in [0.2, 0.25) is 0 Å². The molecule has 1 aliphatic heterocycles. The molecule has 1 heterocycles. The first-order valence-corrected chi connectivity index (χ1v) is 10.7. The first-order valence-electron chi connectivity index (χ1n) is 10.7. The van der Waals surface area contributed by atoms with E-state index in [9.17, 15) is 14.4 Å². The number of hydrogen-bond acceptors (Lipinski definition) is 4. The number of anilines is 1. The van der Waals surface area contributed by atoms with Crippen molar-refractivity contribution in [1.82, 2.24) is 10.2 Å². The Morgan fingerprint density at radius 3 is 2.52 bits per heavy atom. The van der Waals surface area contributed by atoms with E-state index in [1.54, 1.807) is 6.07 Å². The van der Waals surface area contributed by atoms with Gasteiger partial charge in [0.05, 0.1) is 12.5 Å². The molecule has 168 valence electrons. The molecular weight excluding hydrogens is 418 g/mol. The fourth-order valence-electron chi connectivity index (χ4n) is 3.66. The van der Waals surface area contributed by atoms with Crippen molar-refractivity contribution < 1.29 is 19.1 Å². The molecule has 4 amide bonds. The zero-order chi connectivity index (χ0) is 23.4. The standard InChI is InChI=1S/C26H25N3O4/c1-17-11-12-18(2)22(13-17)27-24(30)16-29-25(31)15-23(28-26(29)32)19-7-6-10-21(14-19)33-20-8-4-3-5-9-20/h3-14,23H,15-16H2,1-2H3,(H,27,30)(H,28,32)/t23-/m1/s1. The Balaban J connectivity index is 1.40. The van der Waals surface area contributed by atoms with E-state index in [0.717, 1.165) is 21.6 Å². The third kappa shape index (κ3) is 5.38. The van der Waals surface area contributed by atoms with E-state index < -0.39 is 23.9 Å². The molecule has 0 radical (unpaired) electrons. The van der Waals surface area contributed by atoms with Gasteiger partial charge >= 0.3 is 6.03 Å². The highest BCUT2D eigenvalue weighted by Gasteiger charge is 2.34. The minimum atomic E-state index is -0.596. The predicted octanol–water partition coefficient (Wildman–Crippen LogP) is 4.72. The van der Waals surface area contributed by atoms with Gasteiger partial charge in [-0.05, 0) is 60.9 Å². The molecule has 3 aromatic rings. The Hall–Kier alpha value is -4.13. The summed E-state index contributed by atoms with van der Waals surface area (Å²) >= 11 is 0. The van der Waals surface area contributed by atoms with Crippen LogP contribution in [-0.4, -0.2) is 29.3 Å². The number of carbonyl (C=O) groups excluding carboxylic acids is 3. The van der Waals surface area contributed by atoms with E-state index in [-0.39, 0.29) is 13.0 Å². The summed E-state index contributed by atoms with van der Waals surface area (Å²) < 4.78 is 5.85. The SMILES string of the molecule is Cc1ccc(C)c(NC(=O)CN2C(=O)C[C@H](c3cccc(Oc4ccccc4)c3)NC2=O)c1. The van der Waals surface area contributed by atoms with Gasteiger partial charge in [0, 0.05) is 5.69 Å². The number of nitrogens with one attached hydrogen (secondary N) is 2. The summed E-state index contributed by atoms with van der Waals surface area (Å²) in [6.07, 6.45) is 0.0529. The number of para-hydroxylation sites is 1. The van der Waals surface area contributed by atoms with Crippen LogP contribution in [0.4, 0.5) is 10.5 Å². The summed E-state index contributed by atoms with van der Waals surface area (Å²) in [6, 6.07) is 21.2. The van der Waals surface area contributed by atoms with E-state index >= 15 is 0 Å². The van der Waals surface area contributed by atoms with Crippen molar-refractivity contribution in [3.8, 4) is 11.5 Å². The Morgan fingerprint density at radius 2 is 1.76 bits per heavy atom. The summed E-state index contributed by atoms with van der Waals surface area (Å²) in [4.78, 5) is 38.8. The van der Waals surface area contributed by atoms with E-state index in [0.29, 0.717) is 17.2 Å². The van der Waals surface area contributed by atoms with Crippen LogP contribution in [0.15, 0.2) is 72.8 Å². The van der Waals surface area contributed by atoms with Crippen molar-refractivity contribution in [2.75, 3.05) is 11.9 Å². The average molecular weight is 444 g/mol. The van der Waals surface area contributed by atoms with Crippen molar-refractivity contribution >= 4 is 23.5 Å². The van der Waals surface area contributed by atoms with Crippen LogP contribution in [0.1, 0.15) is 29.2 Å². The molecule has 2 N–H and O–H groups in total. The Morgan fingerprint density at radius 1 is 1.00 bits per heavy atom. The van der Waals surface area contributed by atoms with Crippen LogP contribution < -0.4 is 15.4 Å². The zero-order valence-corrected chi connectivity index (χ0v) is 18.5. The maximum absolute atomic E-state index is 12.7. The number of imide groups is 1. The van der Waals surface area contributed by atoms with Gasteiger partial charge in [-0.3, -0.25) is 14.5 Å². The highest BCUT2D eigenvalue weighted by atomic mass is 16.5. The summed E-state index contributed by atoms with van der Waals surface area (Å²) in [5.74, 6) is 0.466. The number of carbonyl (C=O) groups is 3. The molecular formula is C26H25N3O4. The van der Waals surface area contributed by atoms with Crippen LogP contribution >= 0.6 is 0 Å². The van der Waals surface area contributed by atoms with Crippen LogP contribution in [0, 0.1) is 13.8 Å². The van der Waals surface area contributed by atoms with Gasteiger partial charge in [0.25, 0.3) is 0 Å². The Bertz CT molecular complexity index is 1180. The van der Waals surface area contributed by atoms with Gasteiger partial charge in [-0.1, -0.05) is 42.5 Å². The first-order chi connectivity index (χ1) is 15.9. The summed E-state index contributed by atoms with van der Waals surface area (Å²) in [5.41, 5.74) is 3.33. The predicted molar refractivity (Wildman–Crippen MR) is 125 cm³/mol. The topological polar surface area (TPSA) is 87.7 Å².